The summed E-state index contributed by atoms with van der Waals surface area (Å²) in [6.07, 6.45) is 0.491. The number of nitrogens with zero attached hydrogens (tertiary/aromatic N) is 5. The number of benzene rings is 2. The Bertz CT molecular complexity index is 1030. The minimum absolute atomic E-state index is 0.0677. The molecule has 7 heteroatoms. The van der Waals surface area contributed by atoms with E-state index in [1.807, 2.05) is 36.1 Å². The lowest BCUT2D eigenvalue weighted by Gasteiger charge is -2.37. The molecule has 2 aromatic carbocycles. The number of anilines is 1. The summed E-state index contributed by atoms with van der Waals surface area (Å²) >= 11 is 0. The van der Waals surface area contributed by atoms with E-state index in [4.69, 9.17) is 0 Å². The molecule has 1 atom stereocenters. The molecule has 0 unspecified atom stereocenters. The van der Waals surface area contributed by atoms with Crippen molar-refractivity contribution in [2.75, 3.05) is 31.1 Å². The van der Waals surface area contributed by atoms with Crippen molar-refractivity contribution >= 4 is 22.5 Å². The van der Waals surface area contributed by atoms with Gasteiger partial charge in [0.15, 0.2) is 0 Å². The van der Waals surface area contributed by atoms with E-state index in [0.29, 0.717) is 30.4 Å². The number of amides is 1. The number of hydrogen-bond acceptors (Lipinski definition) is 5. The van der Waals surface area contributed by atoms with E-state index in [-0.39, 0.29) is 11.5 Å². The summed E-state index contributed by atoms with van der Waals surface area (Å²) in [4.78, 5) is 30.1. The number of piperazine rings is 1. The summed E-state index contributed by atoms with van der Waals surface area (Å²) in [6.45, 7) is 4.68. The minimum Gasteiger partial charge on any atom is -0.368 e. The van der Waals surface area contributed by atoms with E-state index in [2.05, 4.69) is 27.3 Å². The minimum atomic E-state index is -0.632. The van der Waals surface area contributed by atoms with Crippen molar-refractivity contribution in [3.05, 3.63) is 65.0 Å². The maximum absolute atomic E-state index is 13.1. The number of carbonyl (C=O) groups excluding carboxylic acids is 1. The van der Waals surface area contributed by atoms with Crippen LogP contribution in [0, 0.1) is 0 Å². The molecular formula is C21H23N5O2. The molecular weight excluding hydrogens is 354 g/mol. The number of carbonyl (C=O) groups is 1. The zero-order valence-electron chi connectivity index (χ0n) is 15.9. The molecule has 0 radical (unpaired) electrons. The van der Waals surface area contributed by atoms with E-state index in [1.165, 1.54) is 10.4 Å². The fourth-order valence-corrected chi connectivity index (χ4v) is 3.69. The topological polar surface area (TPSA) is 71.3 Å². The van der Waals surface area contributed by atoms with E-state index in [1.54, 1.807) is 18.2 Å². The fourth-order valence-electron chi connectivity index (χ4n) is 3.69. The van der Waals surface area contributed by atoms with Gasteiger partial charge in [0, 0.05) is 31.9 Å². The van der Waals surface area contributed by atoms with Gasteiger partial charge >= 0.3 is 0 Å². The molecule has 7 nitrogen and oxygen atoms in total. The van der Waals surface area contributed by atoms with Gasteiger partial charge in [-0.25, -0.2) is 0 Å². The summed E-state index contributed by atoms with van der Waals surface area (Å²) in [5, 5.41) is 8.66. The molecule has 28 heavy (non-hydrogen) atoms. The summed E-state index contributed by atoms with van der Waals surface area (Å²) in [5.41, 5.74) is 1.44. The predicted molar refractivity (Wildman–Crippen MR) is 108 cm³/mol. The smallest absolute Gasteiger partial charge is 0.278 e. The van der Waals surface area contributed by atoms with Crippen LogP contribution in [0.25, 0.3) is 10.9 Å². The second-order valence-corrected chi connectivity index (χ2v) is 6.93. The van der Waals surface area contributed by atoms with Crippen molar-refractivity contribution in [3.8, 4) is 0 Å². The molecule has 0 saturated carbocycles. The van der Waals surface area contributed by atoms with Gasteiger partial charge in [-0.3, -0.25) is 9.59 Å². The Morgan fingerprint density at radius 1 is 1.00 bits per heavy atom. The van der Waals surface area contributed by atoms with Crippen LogP contribution in [-0.4, -0.2) is 52.0 Å². The van der Waals surface area contributed by atoms with Gasteiger partial charge in [-0.15, -0.1) is 5.10 Å². The van der Waals surface area contributed by atoms with Gasteiger partial charge in [0.1, 0.15) is 11.6 Å². The van der Waals surface area contributed by atoms with Gasteiger partial charge in [0.05, 0.1) is 5.39 Å². The lowest BCUT2D eigenvalue weighted by Crippen LogP contribution is -2.51. The summed E-state index contributed by atoms with van der Waals surface area (Å²) in [7, 11) is 0. The van der Waals surface area contributed by atoms with Gasteiger partial charge in [-0.2, -0.15) is 4.68 Å². The standard InChI is InChI=1S/C21H23N5O2/c1-2-19(26-20(27)17-10-6-7-11-18(17)22-23-26)21(28)25-14-12-24(13-15-25)16-8-4-3-5-9-16/h3-11,19H,2,12-15H2,1H3/t19-/m1/s1. The second-order valence-electron chi connectivity index (χ2n) is 6.93. The van der Waals surface area contributed by atoms with Gasteiger partial charge in [-0.05, 0) is 30.7 Å². The lowest BCUT2D eigenvalue weighted by molar-refractivity contribution is -0.135. The predicted octanol–water partition coefficient (Wildman–Crippen LogP) is 2.09. The van der Waals surface area contributed by atoms with Gasteiger partial charge in [0.2, 0.25) is 5.91 Å². The van der Waals surface area contributed by atoms with Crippen LogP contribution < -0.4 is 10.5 Å². The highest BCUT2D eigenvalue weighted by Crippen LogP contribution is 2.19. The number of fused-ring (bicyclic) bond motifs is 1. The molecule has 1 amide bonds. The normalized spacial score (nSPS) is 15.6. The SMILES string of the molecule is CC[C@H](C(=O)N1CCN(c2ccccc2)CC1)n1nnc2ccccc2c1=O. The highest BCUT2D eigenvalue weighted by molar-refractivity contribution is 5.81. The molecule has 0 aliphatic carbocycles. The Kier molecular flexibility index (Phi) is 5.06. The second kappa shape index (κ2) is 7.80. The molecule has 1 saturated heterocycles. The zero-order valence-corrected chi connectivity index (χ0v) is 15.9. The first-order valence-electron chi connectivity index (χ1n) is 9.62. The first-order chi connectivity index (χ1) is 13.7. The highest BCUT2D eigenvalue weighted by Gasteiger charge is 2.29. The van der Waals surface area contributed by atoms with Gasteiger partial charge < -0.3 is 9.80 Å². The molecule has 144 valence electrons. The zero-order chi connectivity index (χ0) is 19.5. The molecule has 1 aliphatic rings. The Morgan fingerprint density at radius 2 is 1.68 bits per heavy atom. The van der Waals surface area contributed by atoms with Crippen molar-refractivity contribution in [3.63, 3.8) is 0 Å². The lowest BCUT2D eigenvalue weighted by atomic mass is 10.1. The maximum atomic E-state index is 13.1. The van der Waals surface area contributed by atoms with Crippen LogP contribution in [-0.2, 0) is 4.79 Å². The van der Waals surface area contributed by atoms with Crippen molar-refractivity contribution < 1.29 is 4.79 Å². The molecule has 0 bridgehead atoms. The quantitative estimate of drug-likeness (QED) is 0.696. The van der Waals surface area contributed by atoms with Crippen LogP contribution in [0.15, 0.2) is 59.4 Å². The third kappa shape index (κ3) is 3.35. The Morgan fingerprint density at radius 3 is 2.39 bits per heavy atom. The molecule has 1 fully saturated rings. The largest absolute Gasteiger partial charge is 0.368 e. The van der Waals surface area contributed by atoms with Crippen LogP contribution >= 0.6 is 0 Å². The summed E-state index contributed by atoms with van der Waals surface area (Å²) in [5.74, 6) is -0.0677. The Hall–Kier alpha value is -3.22. The van der Waals surface area contributed by atoms with E-state index in [0.717, 1.165) is 13.1 Å². The monoisotopic (exact) mass is 377 g/mol. The van der Waals surface area contributed by atoms with Crippen molar-refractivity contribution in [1.29, 1.82) is 0 Å². The third-order valence-electron chi connectivity index (χ3n) is 5.27. The average Bonchev–Trinajstić information content (AvgIpc) is 2.76. The number of hydrogen-bond donors (Lipinski definition) is 0. The van der Waals surface area contributed by atoms with E-state index in [9.17, 15) is 9.59 Å². The Labute approximate surface area is 163 Å². The van der Waals surface area contributed by atoms with Crippen LogP contribution in [0.3, 0.4) is 0 Å². The van der Waals surface area contributed by atoms with Crippen LogP contribution in [0.2, 0.25) is 0 Å². The number of rotatable bonds is 4. The highest BCUT2D eigenvalue weighted by atomic mass is 16.2. The Balaban J connectivity index is 1.52. The van der Waals surface area contributed by atoms with Crippen LogP contribution in [0.5, 0.6) is 0 Å². The molecule has 1 aliphatic heterocycles. The van der Waals surface area contributed by atoms with Crippen LogP contribution in [0.1, 0.15) is 19.4 Å². The first-order valence-corrected chi connectivity index (χ1v) is 9.62. The molecule has 3 aromatic rings. The van der Waals surface area contributed by atoms with Crippen molar-refractivity contribution in [1.82, 2.24) is 19.9 Å². The molecule has 0 spiro atoms. The van der Waals surface area contributed by atoms with Crippen molar-refractivity contribution in [2.45, 2.75) is 19.4 Å². The van der Waals surface area contributed by atoms with Gasteiger partial charge in [0.25, 0.3) is 5.56 Å². The summed E-state index contributed by atoms with van der Waals surface area (Å²) in [6, 6.07) is 16.6. The summed E-state index contributed by atoms with van der Waals surface area (Å²) < 4.78 is 1.24. The number of aromatic nitrogens is 3. The number of para-hydroxylation sites is 1. The third-order valence-corrected chi connectivity index (χ3v) is 5.27. The molecule has 4 rings (SSSR count). The maximum Gasteiger partial charge on any atom is 0.278 e. The average molecular weight is 377 g/mol. The first kappa shape index (κ1) is 18.2. The molecule has 2 heterocycles. The molecule has 0 N–H and O–H groups in total. The van der Waals surface area contributed by atoms with Crippen molar-refractivity contribution in [2.24, 2.45) is 0 Å². The van der Waals surface area contributed by atoms with Gasteiger partial charge in [-0.1, -0.05) is 42.5 Å². The van der Waals surface area contributed by atoms with E-state index >= 15 is 0 Å². The van der Waals surface area contributed by atoms with E-state index < -0.39 is 6.04 Å². The fraction of sp³-hybridized carbons (Fsp3) is 0.333. The van der Waals surface area contributed by atoms with Crippen LogP contribution in [0.4, 0.5) is 5.69 Å². The molecule has 1 aromatic heterocycles.